The third-order valence-corrected chi connectivity index (χ3v) is 4.04. The molecule has 2 rings (SSSR count). The van der Waals surface area contributed by atoms with Gasteiger partial charge in [0, 0.05) is 17.9 Å². The monoisotopic (exact) mass is 388 g/mol. The summed E-state index contributed by atoms with van der Waals surface area (Å²) in [5.41, 5.74) is 1.01. The van der Waals surface area contributed by atoms with E-state index in [0.717, 1.165) is 18.9 Å². The molecule has 0 saturated heterocycles. The molecule has 1 atom stereocenters. The minimum atomic E-state index is -0.598. The molecule has 0 aromatic heterocycles. The summed E-state index contributed by atoms with van der Waals surface area (Å²) in [6.45, 7) is 4.24. The Morgan fingerprint density at radius 2 is 1.93 bits per heavy atom. The fourth-order valence-corrected chi connectivity index (χ4v) is 2.43. The van der Waals surface area contributed by atoms with Crippen LogP contribution in [0.15, 0.2) is 42.5 Å². The van der Waals surface area contributed by atoms with Crippen LogP contribution in [0.4, 0.5) is 15.8 Å². The first kappa shape index (κ1) is 21.4. The summed E-state index contributed by atoms with van der Waals surface area (Å²) in [6, 6.07) is 10.2. The molecule has 0 aliphatic rings. The number of halogens is 1. The van der Waals surface area contributed by atoms with Gasteiger partial charge in [0.05, 0.1) is 12.8 Å². The van der Waals surface area contributed by atoms with E-state index in [9.17, 15) is 14.0 Å². The van der Waals surface area contributed by atoms with E-state index in [4.69, 9.17) is 9.47 Å². The van der Waals surface area contributed by atoms with Crippen LogP contribution in [0, 0.1) is 5.82 Å². The molecule has 0 heterocycles. The number of rotatable bonds is 9. The van der Waals surface area contributed by atoms with E-state index in [0.29, 0.717) is 23.7 Å². The molecule has 2 N–H and O–H groups in total. The largest absolute Gasteiger partial charge is 0.495 e. The number of benzene rings is 2. The number of carbonyl (C=O) groups is 2. The Morgan fingerprint density at radius 3 is 2.61 bits per heavy atom. The maximum Gasteiger partial charge on any atom is 0.255 e. The van der Waals surface area contributed by atoms with Crippen molar-refractivity contribution in [1.82, 2.24) is 0 Å². The summed E-state index contributed by atoms with van der Waals surface area (Å²) >= 11 is 0. The van der Waals surface area contributed by atoms with Crippen molar-refractivity contribution >= 4 is 23.2 Å². The Morgan fingerprint density at radius 1 is 1.14 bits per heavy atom. The highest BCUT2D eigenvalue weighted by Crippen LogP contribution is 2.28. The molecular formula is C21H25FN2O4. The van der Waals surface area contributed by atoms with Crippen LogP contribution in [0.2, 0.25) is 0 Å². The lowest BCUT2D eigenvalue weighted by Gasteiger charge is -2.15. The van der Waals surface area contributed by atoms with Crippen LogP contribution in [0.3, 0.4) is 0 Å². The second-order valence-corrected chi connectivity index (χ2v) is 6.24. The van der Waals surface area contributed by atoms with Crippen LogP contribution in [-0.4, -0.2) is 31.6 Å². The van der Waals surface area contributed by atoms with Gasteiger partial charge in [0.15, 0.2) is 0 Å². The minimum absolute atomic E-state index is 0.175. The summed E-state index contributed by atoms with van der Waals surface area (Å²) in [7, 11) is 1.47. The van der Waals surface area contributed by atoms with Gasteiger partial charge in [-0.3, -0.25) is 9.59 Å². The standard InChI is InChI=1S/C21H25FN2O4/c1-4-5-11-28-14(2)20(25)23-17-9-10-19(27-3)18(13-17)24-21(26)15-7-6-8-16(22)12-15/h6-10,12-14H,4-5,11H2,1-3H3,(H,23,25)(H,24,26). The number of carbonyl (C=O) groups excluding carboxylic acids is 2. The normalized spacial score (nSPS) is 11.6. The van der Waals surface area contributed by atoms with Crippen molar-refractivity contribution < 1.29 is 23.5 Å². The quantitative estimate of drug-likeness (QED) is 0.630. The van der Waals surface area contributed by atoms with Crippen LogP contribution in [0.1, 0.15) is 37.0 Å². The third-order valence-electron chi connectivity index (χ3n) is 4.04. The zero-order valence-electron chi connectivity index (χ0n) is 16.3. The maximum absolute atomic E-state index is 13.3. The van der Waals surface area contributed by atoms with Crippen LogP contribution >= 0.6 is 0 Å². The highest BCUT2D eigenvalue weighted by atomic mass is 19.1. The topological polar surface area (TPSA) is 76.7 Å². The Bertz CT molecular complexity index is 826. The van der Waals surface area contributed by atoms with Gasteiger partial charge in [-0.2, -0.15) is 0 Å². The van der Waals surface area contributed by atoms with Gasteiger partial charge in [0.1, 0.15) is 17.7 Å². The second-order valence-electron chi connectivity index (χ2n) is 6.24. The lowest BCUT2D eigenvalue weighted by molar-refractivity contribution is -0.126. The number of hydrogen-bond acceptors (Lipinski definition) is 4. The first-order valence-corrected chi connectivity index (χ1v) is 9.12. The van der Waals surface area contributed by atoms with Crippen molar-refractivity contribution in [2.75, 3.05) is 24.4 Å². The second kappa shape index (κ2) is 10.4. The average Bonchev–Trinajstić information content (AvgIpc) is 2.68. The van der Waals surface area contributed by atoms with Gasteiger partial charge in [-0.25, -0.2) is 4.39 Å². The molecule has 1 unspecified atom stereocenters. The Kier molecular flexibility index (Phi) is 7.95. The number of ether oxygens (including phenoxy) is 2. The Hall–Kier alpha value is -2.93. The zero-order valence-corrected chi connectivity index (χ0v) is 16.3. The molecule has 0 fully saturated rings. The molecule has 150 valence electrons. The minimum Gasteiger partial charge on any atom is -0.495 e. The van der Waals surface area contributed by atoms with Gasteiger partial charge in [-0.05, 0) is 49.7 Å². The van der Waals surface area contributed by atoms with E-state index >= 15 is 0 Å². The van der Waals surface area contributed by atoms with Gasteiger partial charge in [0.2, 0.25) is 0 Å². The van der Waals surface area contributed by atoms with E-state index in [-0.39, 0.29) is 11.5 Å². The molecule has 0 spiro atoms. The number of anilines is 2. The van der Waals surface area contributed by atoms with Crippen LogP contribution in [0.5, 0.6) is 5.75 Å². The highest BCUT2D eigenvalue weighted by Gasteiger charge is 2.16. The van der Waals surface area contributed by atoms with Crippen molar-refractivity contribution in [1.29, 1.82) is 0 Å². The lowest BCUT2D eigenvalue weighted by atomic mass is 10.2. The number of hydrogen-bond donors (Lipinski definition) is 2. The molecule has 0 radical (unpaired) electrons. The molecule has 0 bridgehead atoms. The van der Waals surface area contributed by atoms with Crippen molar-refractivity contribution in [2.45, 2.75) is 32.8 Å². The van der Waals surface area contributed by atoms with E-state index in [2.05, 4.69) is 10.6 Å². The molecule has 28 heavy (non-hydrogen) atoms. The lowest BCUT2D eigenvalue weighted by Crippen LogP contribution is -2.28. The van der Waals surface area contributed by atoms with Gasteiger partial charge in [-0.15, -0.1) is 0 Å². The summed E-state index contributed by atoms with van der Waals surface area (Å²) in [5, 5.41) is 5.43. The first-order valence-electron chi connectivity index (χ1n) is 9.12. The summed E-state index contributed by atoms with van der Waals surface area (Å²) < 4.78 is 24.1. The highest BCUT2D eigenvalue weighted by molar-refractivity contribution is 6.05. The van der Waals surface area contributed by atoms with E-state index in [1.165, 1.54) is 25.3 Å². The molecule has 0 aliphatic carbocycles. The number of methoxy groups -OCH3 is 1. The third kappa shape index (κ3) is 6.06. The SMILES string of the molecule is CCCCOC(C)C(=O)Nc1ccc(OC)c(NC(=O)c2cccc(F)c2)c1. The van der Waals surface area contributed by atoms with Crippen molar-refractivity contribution in [2.24, 2.45) is 0 Å². The number of amides is 2. The van der Waals surface area contributed by atoms with Crippen LogP contribution in [0.25, 0.3) is 0 Å². The average molecular weight is 388 g/mol. The maximum atomic E-state index is 13.3. The molecule has 2 aromatic carbocycles. The fourth-order valence-electron chi connectivity index (χ4n) is 2.43. The molecule has 2 amide bonds. The Balaban J connectivity index is 2.10. The smallest absolute Gasteiger partial charge is 0.255 e. The predicted molar refractivity (Wildman–Crippen MR) is 106 cm³/mol. The van der Waals surface area contributed by atoms with Gasteiger partial charge < -0.3 is 20.1 Å². The van der Waals surface area contributed by atoms with E-state index < -0.39 is 17.8 Å². The van der Waals surface area contributed by atoms with Crippen LogP contribution in [-0.2, 0) is 9.53 Å². The number of unbranched alkanes of at least 4 members (excludes halogenated alkanes) is 1. The van der Waals surface area contributed by atoms with Crippen molar-refractivity contribution in [3.8, 4) is 5.75 Å². The molecule has 6 nitrogen and oxygen atoms in total. The first-order chi connectivity index (χ1) is 13.4. The van der Waals surface area contributed by atoms with Gasteiger partial charge in [-0.1, -0.05) is 19.4 Å². The molecular weight excluding hydrogens is 363 g/mol. The van der Waals surface area contributed by atoms with Crippen molar-refractivity contribution in [3.05, 3.63) is 53.8 Å². The zero-order chi connectivity index (χ0) is 20.5. The van der Waals surface area contributed by atoms with Crippen LogP contribution < -0.4 is 15.4 Å². The summed E-state index contributed by atoms with van der Waals surface area (Å²) in [5.74, 6) is -0.867. The predicted octanol–water partition coefficient (Wildman–Crippen LogP) is 4.23. The van der Waals surface area contributed by atoms with E-state index in [1.807, 2.05) is 6.92 Å². The van der Waals surface area contributed by atoms with E-state index in [1.54, 1.807) is 25.1 Å². The van der Waals surface area contributed by atoms with Crippen molar-refractivity contribution in [3.63, 3.8) is 0 Å². The van der Waals surface area contributed by atoms with Gasteiger partial charge >= 0.3 is 0 Å². The molecule has 2 aromatic rings. The molecule has 0 saturated carbocycles. The summed E-state index contributed by atoms with van der Waals surface area (Å²) in [4.78, 5) is 24.6. The Labute approximate surface area is 164 Å². The van der Waals surface area contributed by atoms with Gasteiger partial charge in [0.25, 0.3) is 11.8 Å². The molecule has 0 aliphatic heterocycles. The fraction of sp³-hybridized carbons (Fsp3) is 0.333. The number of nitrogens with one attached hydrogen (secondary N) is 2. The summed E-state index contributed by atoms with van der Waals surface area (Å²) in [6.07, 6.45) is 1.27. The molecule has 7 heteroatoms.